The number of halogens is 1. The number of nitrogens with zero attached hydrogens (tertiary/aromatic N) is 5. The lowest BCUT2D eigenvalue weighted by Gasteiger charge is -2.17. The average molecular weight is 363 g/mol. The second-order valence-electron chi connectivity index (χ2n) is 5.44. The number of rotatable bonds is 7. The number of anilines is 2. The van der Waals surface area contributed by atoms with Crippen molar-refractivity contribution in [3.8, 4) is 5.69 Å². The molecule has 0 bridgehead atoms. The van der Waals surface area contributed by atoms with Crippen LogP contribution in [0, 0.1) is 0 Å². The third kappa shape index (κ3) is 3.65. The third-order valence-electron chi connectivity index (χ3n) is 3.67. The molecule has 0 atom stereocenters. The summed E-state index contributed by atoms with van der Waals surface area (Å²) in [5.74, 6) is 1.04. The Hall–Kier alpha value is -2.42. The first-order chi connectivity index (χ1) is 12.1. The largest absolute Gasteiger partial charge is 0.395 e. The molecule has 3 N–H and O–H groups in total. The molecule has 132 valence electrons. The Morgan fingerprint density at radius 3 is 2.60 bits per heavy atom. The highest BCUT2D eigenvalue weighted by atomic mass is 35.5. The number of aromatic nitrogens is 4. The molecule has 0 saturated carbocycles. The number of hydrogen-bond acceptors (Lipinski definition) is 7. The summed E-state index contributed by atoms with van der Waals surface area (Å²) in [6, 6.07) is 7.29. The molecule has 0 unspecified atom stereocenters. The minimum atomic E-state index is -0.0152. The molecule has 8 nitrogen and oxygen atoms in total. The van der Waals surface area contributed by atoms with Gasteiger partial charge in [-0.25, -0.2) is 4.68 Å². The zero-order valence-electron chi connectivity index (χ0n) is 13.7. The van der Waals surface area contributed by atoms with Gasteiger partial charge < -0.3 is 20.4 Å². The maximum Gasteiger partial charge on any atom is 0.229 e. The van der Waals surface area contributed by atoms with Crippen LogP contribution < -0.4 is 10.2 Å². The van der Waals surface area contributed by atoms with Gasteiger partial charge in [0, 0.05) is 25.2 Å². The summed E-state index contributed by atoms with van der Waals surface area (Å²) in [4.78, 5) is 10.8. The average Bonchev–Trinajstić information content (AvgIpc) is 3.04. The van der Waals surface area contributed by atoms with E-state index in [0.717, 1.165) is 11.1 Å². The lowest BCUT2D eigenvalue weighted by molar-refractivity contribution is 0.303. The Bertz CT molecular complexity index is 852. The first-order valence-corrected chi connectivity index (χ1v) is 8.20. The Balaban J connectivity index is 2.13. The van der Waals surface area contributed by atoms with E-state index in [4.69, 9.17) is 21.8 Å². The molecule has 0 spiro atoms. The number of benzene rings is 1. The molecule has 0 fully saturated rings. The topological polar surface area (TPSA) is 99.3 Å². The van der Waals surface area contributed by atoms with Crippen molar-refractivity contribution in [2.24, 2.45) is 0 Å². The van der Waals surface area contributed by atoms with Crippen molar-refractivity contribution in [3.63, 3.8) is 0 Å². The summed E-state index contributed by atoms with van der Waals surface area (Å²) in [5.41, 5.74) is 1.44. The zero-order valence-corrected chi connectivity index (χ0v) is 14.5. The van der Waals surface area contributed by atoms with Gasteiger partial charge in [-0.3, -0.25) is 0 Å². The smallest absolute Gasteiger partial charge is 0.229 e. The van der Waals surface area contributed by atoms with Crippen LogP contribution in [-0.4, -0.2) is 63.3 Å². The van der Waals surface area contributed by atoms with E-state index in [1.54, 1.807) is 35.0 Å². The SMILES string of the molecule is CN(CCO)c1nc(NCCO)c2cnn(-c3ccc(Cl)cc3)c2n1. The van der Waals surface area contributed by atoms with E-state index >= 15 is 0 Å². The molecule has 2 aromatic heterocycles. The summed E-state index contributed by atoms with van der Waals surface area (Å²) < 4.78 is 1.70. The van der Waals surface area contributed by atoms with Gasteiger partial charge in [0.15, 0.2) is 5.65 Å². The van der Waals surface area contributed by atoms with Crippen molar-refractivity contribution in [1.82, 2.24) is 19.7 Å². The van der Waals surface area contributed by atoms with Gasteiger partial charge >= 0.3 is 0 Å². The summed E-state index contributed by atoms with van der Waals surface area (Å²) >= 11 is 5.96. The highest BCUT2D eigenvalue weighted by Crippen LogP contribution is 2.25. The van der Waals surface area contributed by atoms with E-state index in [-0.39, 0.29) is 13.2 Å². The van der Waals surface area contributed by atoms with Crippen LogP contribution in [0.1, 0.15) is 0 Å². The molecule has 0 aliphatic heterocycles. The molecule has 3 rings (SSSR count). The number of nitrogens with one attached hydrogen (secondary N) is 1. The van der Waals surface area contributed by atoms with Gasteiger partial charge in [0.1, 0.15) is 5.82 Å². The summed E-state index contributed by atoms with van der Waals surface area (Å²) in [6.45, 7) is 0.744. The summed E-state index contributed by atoms with van der Waals surface area (Å²) in [5, 5.41) is 27.1. The summed E-state index contributed by atoms with van der Waals surface area (Å²) in [6.07, 6.45) is 1.68. The zero-order chi connectivity index (χ0) is 17.8. The monoisotopic (exact) mass is 362 g/mol. The molecule has 1 aromatic carbocycles. The number of aliphatic hydroxyl groups excluding tert-OH is 2. The van der Waals surface area contributed by atoms with Gasteiger partial charge in [0.25, 0.3) is 0 Å². The van der Waals surface area contributed by atoms with E-state index in [2.05, 4.69) is 20.4 Å². The van der Waals surface area contributed by atoms with Crippen LogP contribution >= 0.6 is 11.6 Å². The van der Waals surface area contributed by atoms with Crippen LogP contribution in [0.4, 0.5) is 11.8 Å². The minimum Gasteiger partial charge on any atom is -0.395 e. The number of aliphatic hydroxyl groups is 2. The van der Waals surface area contributed by atoms with Crippen LogP contribution in [0.2, 0.25) is 5.02 Å². The Kier molecular flexibility index (Phi) is 5.32. The standard InChI is InChI=1S/C16H19ClN6O2/c1-22(7-9-25)16-20-14(18-6-8-24)13-10-19-23(15(13)21-16)12-4-2-11(17)3-5-12/h2-5,10,24-25H,6-9H2,1H3,(H,18,20,21). The lowest BCUT2D eigenvalue weighted by Crippen LogP contribution is -2.24. The fourth-order valence-electron chi connectivity index (χ4n) is 2.40. The molecule has 0 amide bonds. The Morgan fingerprint density at radius 1 is 1.16 bits per heavy atom. The van der Waals surface area contributed by atoms with Crippen molar-refractivity contribution in [1.29, 1.82) is 0 Å². The predicted molar refractivity (Wildman–Crippen MR) is 97.6 cm³/mol. The van der Waals surface area contributed by atoms with Crippen LogP contribution in [0.25, 0.3) is 16.7 Å². The molecular weight excluding hydrogens is 344 g/mol. The van der Waals surface area contributed by atoms with Gasteiger partial charge in [-0.15, -0.1) is 0 Å². The molecular formula is C16H19ClN6O2. The predicted octanol–water partition coefficient (Wildman–Crippen LogP) is 1.30. The van der Waals surface area contributed by atoms with Gasteiger partial charge in [0.2, 0.25) is 5.95 Å². The molecule has 0 radical (unpaired) electrons. The highest BCUT2D eigenvalue weighted by Gasteiger charge is 2.16. The van der Waals surface area contributed by atoms with Crippen molar-refractivity contribution < 1.29 is 10.2 Å². The van der Waals surface area contributed by atoms with E-state index in [0.29, 0.717) is 35.5 Å². The molecule has 0 aliphatic rings. The lowest BCUT2D eigenvalue weighted by atomic mass is 10.3. The Morgan fingerprint density at radius 2 is 1.92 bits per heavy atom. The van der Waals surface area contributed by atoms with Gasteiger partial charge in [0.05, 0.1) is 30.5 Å². The fourth-order valence-corrected chi connectivity index (χ4v) is 2.52. The minimum absolute atomic E-state index is 0.00621. The molecule has 0 saturated heterocycles. The van der Waals surface area contributed by atoms with Gasteiger partial charge in [-0.05, 0) is 24.3 Å². The van der Waals surface area contributed by atoms with Gasteiger partial charge in [-0.2, -0.15) is 15.1 Å². The maximum absolute atomic E-state index is 9.16. The molecule has 9 heteroatoms. The van der Waals surface area contributed by atoms with Crippen LogP contribution in [-0.2, 0) is 0 Å². The second-order valence-corrected chi connectivity index (χ2v) is 5.87. The molecule has 2 heterocycles. The number of fused-ring (bicyclic) bond motifs is 1. The fraction of sp³-hybridized carbons (Fsp3) is 0.312. The van der Waals surface area contributed by atoms with Crippen LogP contribution in [0.3, 0.4) is 0 Å². The van der Waals surface area contributed by atoms with Crippen molar-refractivity contribution >= 4 is 34.4 Å². The van der Waals surface area contributed by atoms with E-state index in [9.17, 15) is 0 Å². The number of hydrogen-bond donors (Lipinski definition) is 3. The van der Waals surface area contributed by atoms with Crippen molar-refractivity contribution in [2.45, 2.75) is 0 Å². The van der Waals surface area contributed by atoms with Crippen molar-refractivity contribution in [2.75, 3.05) is 43.6 Å². The molecule has 3 aromatic rings. The first-order valence-electron chi connectivity index (χ1n) is 7.82. The quantitative estimate of drug-likeness (QED) is 0.582. The third-order valence-corrected chi connectivity index (χ3v) is 3.92. The van der Waals surface area contributed by atoms with Crippen molar-refractivity contribution in [3.05, 3.63) is 35.5 Å². The van der Waals surface area contributed by atoms with Crippen LogP contribution in [0.5, 0.6) is 0 Å². The molecule has 0 aliphatic carbocycles. The van der Waals surface area contributed by atoms with E-state index < -0.39 is 0 Å². The Labute approximate surface area is 149 Å². The van der Waals surface area contributed by atoms with E-state index in [1.165, 1.54) is 0 Å². The normalized spacial score (nSPS) is 11.0. The highest BCUT2D eigenvalue weighted by molar-refractivity contribution is 6.30. The van der Waals surface area contributed by atoms with E-state index in [1.807, 2.05) is 12.1 Å². The number of likely N-dealkylation sites (N-methyl/N-ethyl adjacent to an activating group) is 1. The van der Waals surface area contributed by atoms with Crippen LogP contribution in [0.15, 0.2) is 30.5 Å². The van der Waals surface area contributed by atoms with Gasteiger partial charge in [-0.1, -0.05) is 11.6 Å². The maximum atomic E-state index is 9.16. The second kappa shape index (κ2) is 7.64. The summed E-state index contributed by atoms with van der Waals surface area (Å²) in [7, 11) is 1.80. The first kappa shape index (κ1) is 17.4. The molecule has 25 heavy (non-hydrogen) atoms.